The van der Waals surface area contributed by atoms with Crippen LogP contribution in [0.15, 0.2) is 0 Å². The molecule has 0 aromatic rings. The van der Waals surface area contributed by atoms with Crippen molar-refractivity contribution in [2.75, 3.05) is 13.1 Å². The molecule has 7 heteroatoms. The van der Waals surface area contributed by atoms with Crippen molar-refractivity contribution in [1.29, 1.82) is 0 Å². The maximum Gasteiger partial charge on any atom is 0.334 e. The maximum atomic E-state index is 12.3. The van der Waals surface area contributed by atoms with Crippen molar-refractivity contribution in [3.8, 4) is 0 Å². The molecule has 24 heavy (non-hydrogen) atoms. The summed E-state index contributed by atoms with van der Waals surface area (Å²) in [7, 11) is 0. The fourth-order valence-electron chi connectivity index (χ4n) is 3.40. The topological polar surface area (TPSA) is 86.8 Å². The Morgan fingerprint density at radius 1 is 1.12 bits per heavy atom. The third-order valence-electron chi connectivity index (χ3n) is 5.04. The van der Waals surface area contributed by atoms with Crippen molar-refractivity contribution in [2.45, 2.75) is 53.0 Å². The predicted molar refractivity (Wildman–Crippen MR) is 87.8 cm³/mol. The molecule has 2 aliphatic rings. The minimum Gasteiger partial charge on any atom is -0.352 e. The van der Waals surface area contributed by atoms with Gasteiger partial charge in [-0.25, -0.2) is 9.69 Å². The quantitative estimate of drug-likeness (QED) is 0.606. The summed E-state index contributed by atoms with van der Waals surface area (Å²) >= 11 is 0. The molecule has 1 saturated carbocycles. The molecule has 1 aliphatic carbocycles. The van der Waals surface area contributed by atoms with E-state index in [0.29, 0.717) is 11.8 Å². The predicted octanol–water partition coefficient (Wildman–Crippen LogP) is 1.37. The van der Waals surface area contributed by atoms with Gasteiger partial charge in [0.1, 0.15) is 6.54 Å². The molecule has 134 valence electrons. The van der Waals surface area contributed by atoms with Gasteiger partial charge in [0.15, 0.2) is 0 Å². The minimum atomic E-state index is -0.916. The Morgan fingerprint density at radius 2 is 1.75 bits per heavy atom. The summed E-state index contributed by atoms with van der Waals surface area (Å²) in [5.74, 6) is -1.21. The Balaban J connectivity index is 1.97. The summed E-state index contributed by atoms with van der Waals surface area (Å²) in [6.07, 6.45) is 3.10. The van der Waals surface area contributed by atoms with Crippen LogP contribution in [0.3, 0.4) is 0 Å². The van der Waals surface area contributed by atoms with Crippen LogP contribution >= 0.6 is 0 Å². The second-order valence-corrected chi connectivity index (χ2v) is 7.42. The average Bonchev–Trinajstić information content (AvgIpc) is 2.69. The van der Waals surface area contributed by atoms with Gasteiger partial charge >= 0.3 is 17.8 Å². The highest BCUT2D eigenvalue weighted by molar-refractivity contribution is 6.45. The number of nitrogens with one attached hydrogen (secondary N) is 1. The summed E-state index contributed by atoms with van der Waals surface area (Å²) in [5.41, 5.74) is 0. The molecule has 2 rings (SSSR count). The highest BCUT2D eigenvalue weighted by atomic mass is 16.2. The van der Waals surface area contributed by atoms with Crippen LogP contribution in [0, 0.1) is 17.8 Å². The SMILES string of the molecule is CC(C)CN1C(=O)C(=O)N(CC(=O)N[C@@H]2CCC[C@H](C)[C@H]2C)C1=O. The number of carbonyl (C=O) groups excluding carboxylic acids is 4. The standard InChI is InChI=1S/C17H27N3O4/c1-10(2)8-19-15(22)16(23)20(17(19)24)9-14(21)18-13-7-5-6-11(3)12(13)4/h10-13H,5-9H2,1-4H3,(H,18,21)/t11-,12+,13+/m0/s1. The van der Waals surface area contributed by atoms with Gasteiger partial charge in [-0.3, -0.25) is 19.3 Å². The van der Waals surface area contributed by atoms with Crippen LogP contribution in [-0.2, 0) is 14.4 Å². The van der Waals surface area contributed by atoms with Gasteiger partial charge in [-0.1, -0.05) is 40.5 Å². The van der Waals surface area contributed by atoms with E-state index in [2.05, 4.69) is 19.2 Å². The molecule has 1 saturated heterocycles. The lowest BCUT2D eigenvalue weighted by molar-refractivity contribution is -0.144. The number of hydrogen-bond donors (Lipinski definition) is 1. The van der Waals surface area contributed by atoms with Crippen molar-refractivity contribution in [2.24, 2.45) is 17.8 Å². The first-order chi connectivity index (χ1) is 11.2. The number of urea groups is 1. The third-order valence-corrected chi connectivity index (χ3v) is 5.04. The fraction of sp³-hybridized carbons (Fsp3) is 0.765. The molecule has 1 N–H and O–H groups in total. The molecule has 0 unspecified atom stereocenters. The summed E-state index contributed by atoms with van der Waals surface area (Å²) in [6, 6.07) is -0.643. The van der Waals surface area contributed by atoms with Crippen molar-refractivity contribution in [3.63, 3.8) is 0 Å². The largest absolute Gasteiger partial charge is 0.352 e. The van der Waals surface area contributed by atoms with Gasteiger partial charge < -0.3 is 5.32 Å². The molecule has 0 aromatic heterocycles. The summed E-state index contributed by atoms with van der Waals surface area (Å²) in [5, 5.41) is 2.92. The second-order valence-electron chi connectivity index (χ2n) is 7.42. The third kappa shape index (κ3) is 3.76. The van der Waals surface area contributed by atoms with Gasteiger partial charge in [0.25, 0.3) is 0 Å². The molecular formula is C17H27N3O4. The Hall–Kier alpha value is -1.92. The van der Waals surface area contributed by atoms with Crippen LogP contribution in [0.5, 0.6) is 0 Å². The molecule has 0 bridgehead atoms. The molecule has 2 fully saturated rings. The zero-order valence-electron chi connectivity index (χ0n) is 14.9. The van der Waals surface area contributed by atoms with E-state index in [0.717, 1.165) is 29.1 Å². The second kappa shape index (κ2) is 7.32. The Bertz CT molecular complexity index is 546. The Morgan fingerprint density at radius 3 is 2.38 bits per heavy atom. The van der Waals surface area contributed by atoms with E-state index in [1.165, 1.54) is 0 Å². The first-order valence-corrected chi connectivity index (χ1v) is 8.69. The van der Waals surface area contributed by atoms with Crippen LogP contribution in [0.1, 0.15) is 47.0 Å². The number of imide groups is 2. The molecular weight excluding hydrogens is 310 g/mol. The van der Waals surface area contributed by atoms with E-state index >= 15 is 0 Å². The van der Waals surface area contributed by atoms with Crippen LogP contribution in [0.25, 0.3) is 0 Å². The Kier molecular flexibility index (Phi) is 5.62. The smallest absolute Gasteiger partial charge is 0.334 e. The van der Waals surface area contributed by atoms with Gasteiger partial charge in [0.2, 0.25) is 5.91 Å². The summed E-state index contributed by atoms with van der Waals surface area (Å²) in [4.78, 5) is 50.1. The maximum absolute atomic E-state index is 12.3. The van der Waals surface area contributed by atoms with Gasteiger partial charge in [0.05, 0.1) is 0 Å². The van der Waals surface area contributed by atoms with Crippen LogP contribution in [0.2, 0.25) is 0 Å². The lowest BCUT2D eigenvalue weighted by Crippen LogP contribution is -2.48. The molecule has 1 heterocycles. The normalized spacial score (nSPS) is 28.0. The van der Waals surface area contributed by atoms with Gasteiger partial charge in [0, 0.05) is 12.6 Å². The lowest BCUT2D eigenvalue weighted by atomic mass is 9.78. The van der Waals surface area contributed by atoms with E-state index in [-0.39, 0.29) is 24.4 Å². The van der Waals surface area contributed by atoms with Crippen LogP contribution in [0.4, 0.5) is 4.79 Å². The van der Waals surface area contributed by atoms with Crippen molar-refractivity contribution >= 4 is 23.8 Å². The molecule has 5 amide bonds. The number of hydrogen-bond acceptors (Lipinski definition) is 4. The molecule has 3 atom stereocenters. The fourth-order valence-corrected chi connectivity index (χ4v) is 3.40. The van der Waals surface area contributed by atoms with Gasteiger partial charge in [-0.15, -0.1) is 0 Å². The molecule has 7 nitrogen and oxygen atoms in total. The number of nitrogens with zero attached hydrogens (tertiary/aromatic N) is 2. The van der Waals surface area contributed by atoms with Crippen molar-refractivity contribution in [1.82, 2.24) is 15.1 Å². The van der Waals surface area contributed by atoms with Crippen LogP contribution < -0.4 is 5.32 Å². The zero-order chi connectivity index (χ0) is 18.0. The summed E-state index contributed by atoms with van der Waals surface area (Å²) < 4.78 is 0. The van der Waals surface area contributed by atoms with Crippen LogP contribution in [-0.4, -0.2) is 52.7 Å². The van der Waals surface area contributed by atoms with Gasteiger partial charge in [-0.2, -0.15) is 0 Å². The number of rotatable bonds is 5. The van der Waals surface area contributed by atoms with E-state index in [4.69, 9.17) is 0 Å². The van der Waals surface area contributed by atoms with Crippen molar-refractivity contribution in [3.05, 3.63) is 0 Å². The zero-order valence-corrected chi connectivity index (χ0v) is 14.9. The highest BCUT2D eigenvalue weighted by Crippen LogP contribution is 2.29. The lowest BCUT2D eigenvalue weighted by Gasteiger charge is -2.34. The molecule has 0 radical (unpaired) electrons. The first kappa shape index (κ1) is 18.4. The number of carbonyl (C=O) groups is 4. The van der Waals surface area contributed by atoms with Crippen molar-refractivity contribution < 1.29 is 19.2 Å². The Labute approximate surface area is 142 Å². The van der Waals surface area contributed by atoms with E-state index in [1.54, 1.807) is 0 Å². The first-order valence-electron chi connectivity index (χ1n) is 8.69. The number of amides is 5. The monoisotopic (exact) mass is 337 g/mol. The summed E-state index contributed by atoms with van der Waals surface area (Å²) in [6.45, 7) is 7.76. The molecule has 0 aromatic carbocycles. The minimum absolute atomic E-state index is 0.0523. The van der Waals surface area contributed by atoms with E-state index in [9.17, 15) is 19.2 Å². The highest BCUT2D eigenvalue weighted by Gasteiger charge is 2.45. The van der Waals surface area contributed by atoms with Gasteiger partial charge in [-0.05, 0) is 24.2 Å². The molecule has 1 aliphatic heterocycles. The molecule has 0 spiro atoms. The van der Waals surface area contributed by atoms with E-state index < -0.39 is 24.4 Å². The van der Waals surface area contributed by atoms with E-state index in [1.807, 2.05) is 13.8 Å². The average molecular weight is 337 g/mol.